The molecule has 0 radical (unpaired) electrons. The fourth-order valence-corrected chi connectivity index (χ4v) is 3.97. The molecular formula is C19H30N2O2. The van der Waals surface area contributed by atoms with Gasteiger partial charge in [-0.25, -0.2) is 0 Å². The summed E-state index contributed by atoms with van der Waals surface area (Å²) in [6, 6.07) is 7.11. The van der Waals surface area contributed by atoms with Gasteiger partial charge in [0.25, 0.3) is 0 Å². The average molecular weight is 318 g/mol. The predicted octanol–water partition coefficient (Wildman–Crippen LogP) is 3.15. The fraction of sp³-hybridized carbons (Fsp3) is 0.684. The van der Waals surface area contributed by atoms with Crippen molar-refractivity contribution in [2.75, 3.05) is 40.4 Å². The largest absolute Gasteiger partial charge is 0.493 e. The molecule has 0 spiro atoms. The van der Waals surface area contributed by atoms with E-state index in [-0.39, 0.29) is 0 Å². The molecule has 23 heavy (non-hydrogen) atoms. The lowest BCUT2D eigenvalue weighted by molar-refractivity contribution is 0.0754. The van der Waals surface area contributed by atoms with Crippen molar-refractivity contribution in [3.05, 3.63) is 23.8 Å². The summed E-state index contributed by atoms with van der Waals surface area (Å²) < 4.78 is 10.7. The van der Waals surface area contributed by atoms with Crippen molar-refractivity contribution < 1.29 is 9.47 Å². The highest BCUT2D eigenvalue weighted by Gasteiger charge is 2.25. The van der Waals surface area contributed by atoms with Crippen LogP contribution in [-0.4, -0.2) is 56.2 Å². The van der Waals surface area contributed by atoms with Crippen LogP contribution in [0.2, 0.25) is 0 Å². The molecule has 1 saturated carbocycles. The first kappa shape index (κ1) is 16.6. The van der Waals surface area contributed by atoms with E-state index >= 15 is 0 Å². The van der Waals surface area contributed by atoms with Gasteiger partial charge in [0.05, 0.1) is 14.2 Å². The van der Waals surface area contributed by atoms with E-state index < -0.39 is 0 Å². The monoisotopic (exact) mass is 318 g/mol. The molecule has 4 nitrogen and oxygen atoms in total. The maximum Gasteiger partial charge on any atom is 0.161 e. The molecule has 1 aliphatic heterocycles. The minimum atomic E-state index is 0.804. The van der Waals surface area contributed by atoms with Gasteiger partial charge in [-0.2, -0.15) is 0 Å². The average Bonchev–Trinajstić information content (AvgIpc) is 2.63. The van der Waals surface area contributed by atoms with E-state index in [0.29, 0.717) is 0 Å². The van der Waals surface area contributed by atoms with E-state index in [1.807, 2.05) is 6.07 Å². The second-order valence-corrected chi connectivity index (χ2v) is 6.79. The Hall–Kier alpha value is -1.26. The third-order valence-corrected chi connectivity index (χ3v) is 5.35. The molecule has 0 aromatic heterocycles. The molecule has 1 heterocycles. The van der Waals surface area contributed by atoms with Gasteiger partial charge >= 0.3 is 0 Å². The summed E-state index contributed by atoms with van der Waals surface area (Å²) in [5.74, 6) is 1.63. The van der Waals surface area contributed by atoms with Crippen LogP contribution in [0.25, 0.3) is 0 Å². The van der Waals surface area contributed by atoms with Gasteiger partial charge in [0.1, 0.15) is 0 Å². The molecule has 2 aliphatic rings. The van der Waals surface area contributed by atoms with Crippen molar-refractivity contribution in [2.24, 2.45) is 0 Å². The summed E-state index contributed by atoms with van der Waals surface area (Å²) >= 11 is 0. The molecule has 0 amide bonds. The quantitative estimate of drug-likeness (QED) is 0.832. The number of benzene rings is 1. The van der Waals surface area contributed by atoms with Gasteiger partial charge in [0, 0.05) is 38.8 Å². The minimum Gasteiger partial charge on any atom is -0.493 e. The number of rotatable bonds is 5. The van der Waals surface area contributed by atoms with Crippen LogP contribution in [0.4, 0.5) is 0 Å². The third kappa shape index (κ3) is 4.18. The van der Waals surface area contributed by atoms with E-state index in [2.05, 4.69) is 21.9 Å². The standard InChI is InChI=1S/C19H30N2O2/c1-22-18-9-8-16(14-19(18)23-2)15-20-10-12-21(13-11-20)17-6-4-3-5-7-17/h8-9,14,17H,3-7,10-13,15H2,1-2H3. The normalized spacial score (nSPS) is 21.3. The number of nitrogens with zero attached hydrogens (tertiary/aromatic N) is 2. The Morgan fingerprint density at radius 1 is 0.913 bits per heavy atom. The first-order valence-corrected chi connectivity index (χ1v) is 8.97. The summed E-state index contributed by atoms with van der Waals surface area (Å²) in [5.41, 5.74) is 1.30. The maximum atomic E-state index is 5.41. The Kier molecular flexibility index (Phi) is 5.79. The van der Waals surface area contributed by atoms with Crippen LogP contribution in [0.1, 0.15) is 37.7 Å². The molecule has 0 unspecified atom stereocenters. The molecule has 1 aliphatic carbocycles. The first-order chi connectivity index (χ1) is 11.3. The fourth-order valence-electron chi connectivity index (χ4n) is 3.97. The topological polar surface area (TPSA) is 24.9 Å². The highest BCUT2D eigenvalue weighted by Crippen LogP contribution is 2.28. The van der Waals surface area contributed by atoms with Crippen LogP contribution in [0.3, 0.4) is 0 Å². The zero-order valence-corrected chi connectivity index (χ0v) is 14.6. The second kappa shape index (κ2) is 8.02. The first-order valence-electron chi connectivity index (χ1n) is 8.97. The van der Waals surface area contributed by atoms with Crippen LogP contribution >= 0.6 is 0 Å². The number of methoxy groups -OCH3 is 2. The van der Waals surface area contributed by atoms with E-state index in [1.165, 1.54) is 63.8 Å². The zero-order valence-electron chi connectivity index (χ0n) is 14.6. The molecule has 4 heteroatoms. The summed E-state index contributed by atoms with van der Waals surface area (Å²) in [4.78, 5) is 5.28. The molecular weight excluding hydrogens is 288 g/mol. The lowest BCUT2D eigenvalue weighted by Gasteiger charge is -2.40. The van der Waals surface area contributed by atoms with E-state index in [0.717, 1.165) is 24.1 Å². The molecule has 1 saturated heterocycles. The van der Waals surface area contributed by atoms with Crippen LogP contribution in [0.15, 0.2) is 18.2 Å². The SMILES string of the molecule is COc1ccc(CN2CCN(C3CCCCC3)CC2)cc1OC. The second-order valence-electron chi connectivity index (χ2n) is 6.79. The Bertz CT molecular complexity index is 492. The Labute approximate surface area is 140 Å². The number of piperazine rings is 1. The maximum absolute atomic E-state index is 5.41. The molecule has 1 aromatic carbocycles. The molecule has 0 atom stereocenters. The van der Waals surface area contributed by atoms with Gasteiger partial charge < -0.3 is 9.47 Å². The summed E-state index contributed by atoms with van der Waals surface area (Å²) in [7, 11) is 3.38. The summed E-state index contributed by atoms with van der Waals surface area (Å²) in [5, 5.41) is 0. The van der Waals surface area contributed by atoms with Crippen molar-refractivity contribution in [1.82, 2.24) is 9.80 Å². The zero-order chi connectivity index (χ0) is 16.1. The van der Waals surface area contributed by atoms with E-state index in [9.17, 15) is 0 Å². The van der Waals surface area contributed by atoms with Gasteiger partial charge in [0.2, 0.25) is 0 Å². The van der Waals surface area contributed by atoms with Crippen molar-refractivity contribution in [3.8, 4) is 11.5 Å². The summed E-state index contributed by atoms with van der Waals surface area (Å²) in [6.07, 6.45) is 7.12. The molecule has 3 rings (SSSR count). The van der Waals surface area contributed by atoms with Crippen molar-refractivity contribution in [3.63, 3.8) is 0 Å². The Morgan fingerprint density at radius 2 is 1.61 bits per heavy atom. The lowest BCUT2D eigenvalue weighted by atomic mass is 9.94. The minimum absolute atomic E-state index is 0.804. The van der Waals surface area contributed by atoms with E-state index in [4.69, 9.17) is 9.47 Å². The molecule has 0 N–H and O–H groups in total. The van der Waals surface area contributed by atoms with Crippen LogP contribution < -0.4 is 9.47 Å². The van der Waals surface area contributed by atoms with Gasteiger partial charge in [-0.05, 0) is 30.5 Å². The smallest absolute Gasteiger partial charge is 0.161 e. The Morgan fingerprint density at radius 3 is 2.26 bits per heavy atom. The highest BCUT2D eigenvalue weighted by atomic mass is 16.5. The van der Waals surface area contributed by atoms with Crippen molar-refractivity contribution in [1.29, 1.82) is 0 Å². The molecule has 2 fully saturated rings. The lowest BCUT2D eigenvalue weighted by Crippen LogP contribution is -2.50. The van der Waals surface area contributed by atoms with Crippen LogP contribution in [-0.2, 0) is 6.54 Å². The van der Waals surface area contributed by atoms with Crippen molar-refractivity contribution in [2.45, 2.75) is 44.7 Å². The molecule has 1 aromatic rings. The molecule has 0 bridgehead atoms. The van der Waals surface area contributed by atoms with Gasteiger partial charge in [0.15, 0.2) is 11.5 Å². The molecule has 128 valence electrons. The number of hydrogen-bond acceptors (Lipinski definition) is 4. The van der Waals surface area contributed by atoms with Crippen molar-refractivity contribution >= 4 is 0 Å². The Balaban J connectivity index is 1.52. The van der Waals surface area contributed by atoms with Gasteiger partial charge in [-0.3, -0.25) is 9.80 Å². The predicted molar refractivity (Wildman–Crippen MR) is 93.3 cm³/mol. The van der Waals surface area contributed by atoms with E-state index in [1.54, 1.807) is 14.2 Å². The number of hydrogen-bond donors (Lipinski definition) is 0. The van der Waals surface area contributed by atoms with Crippen LogP contribution in [0.5, 0.6) is 11.5 Å². The third-order valence-electron chi connectivity index (χ3n) is 5.35. The summed E-state index contributed by atoms with van der Waals surface area (Å²) in [6.45, 7) is 5.78. The van der Waals surface area contributed by atoms with Crippen LogP contribution in [0, 0.1) is 0 Å². The van der Waals surface area contributed by atoms with Gasteiger partial charge in [-0.1, -0.05) is 25.3 Å². The van der Waals surface area contributed by atoms with Gasteiger partial charge in [-0.15, -0.1) is 0 Å². The highest BCUT2D eigenvalue weighted by molar-refractivity contribution is 5.42. The number of ether oxygens (including phenoxy) is 2.